The van der Waals surface area contributed by atoms with E-state index in [4.69, 9.17) is 14.2 Å². The monoisotopic (exact) mass is 265 g/mol. The summed E-state index contributed by atoms with van der Waals surface area (Å²) in [7, 11) is 3.30. The lowest BCUT2D eigenvalue weighted by Gasteiger charge is -2.26. The molecule has 0 aromatic heterocycles. The van der Waals surface area contributed by atoms with E-state index in [1.165, 1.54) is 0 Å². The third-order valence-corrected chi connectivity index (χ3v) is 3.56. The third-order valence-electron chi connectivity index (χ3n) is 3.56. The van der Waals surface area contributed by atoms with E-state index in [0.29, 0.717) is 6.10 Å². The van der Waals surface area contributed by atoms with Crippen LogP contribution in [0.4, 0.5) is 0 Å². The minimum atomic E-state index is 0.0721. The van der Waals surface area contributed by atoms with E-state index in [1.54, 1.807) is 14.2 Å². The Labute approximate surface area is 115 Å². The Hall–Kier alpha value is -1.26. The molecule has 106 valence electrons. The molecule has 0 bridgehead atoms. The number of hydrogen-bond donors (Lipinski definition) is 1. The molecule has 0 spiro atoms. The zero-order valence-corrected chi connectivity index (χ0v) is 11.9. The lowest BCUT2D eigenvalue weighted by Crippen LogP contribution is -2.33. The van der Waals surface area contributed by atoms with Crippen LogP contribution in [-0.2, 0) is 4.74 Å². The van der Waals surface area contributed by atoms with Crippen LogP contribution in [-0.4, -0.2) is 33.4 Å². The van der Waals surface area contributed by atoms with Gasteiger partial charge in [-0.2, -0.15) is 0 Å². The smallest absolute Gasteiger partial charge is 0.161 e. The van der Waals surface area contributed by atoms with Gasteiger partial charge in [0.05, 0.1) is 26.4 Å². The van der Waals surface area contributed by atoms with Gasteiger partial charge in [-0.05, 0) is 50.6 Å². The standard InChI is InChI=1S/C15H23NO3/c1-11(19-13-6-8-16-9-7-13)12-4-5-14(17-2)15(10-12)18-3/h4-5,10-11,13,16H,6-9H2,1-3H3. The molecule has 0 amide bonds. The fraction of sp³-hybridized carbons (Fsp3) is 0.600. The largest absolute Gasteiger partial charge is 0.493 e. The molecule has 4 heteroatoms. The fourth-order valence-corrected chi connectivity index (χ4v) is 2.40. The Bertz CT molecular complexity index is 402. The minimum Gasteiger partial charge on any atom is -0.493 e. The van der Waals surface area contributed by atoms with Gasteiger partial charge >= 0.3 is 0 Å². The van der Waals surface area contributed by atoms with Gasteiger partial charge in [0, 0.05) is 0 Å². The van der Waals surface area contributed by atoms with Crippen molar-refractivity contribution in [1.82, 2.24) is 5.32 Å². The molecule has 1 atom stereocenters. The van der Waals surface area contributed by atoms with E-state index in [1.807, 2.05) is 18.2 Å². The van der Waals surface area contributed by atoms with Gasteiger partial charge in [-0.15, -0.1) is 0 Å². The number of ether oxygens (including phenoxy) is 3. The highest BCUT2D eigenvalue weighted by Crippen LogP contribution is 2.31. The first-order valence-electron chi connectivity index (χ1n) is 6.82. The highest BCUT2D eigenvalue weighted by molar-refractivity contribution is 5.43. The number of piperidine rings is 1. The Morgan fingerprint density at radius 1 is 1.11 bits per heavy atom. The van der Waals surface area contributed by atoms with E-state index >= 15 is 0 Å². The van der Waals surface area contributed by atoms with E-state index in [2.05, 4.69) is 12.2 Å². The van der Waals surface area contributed by atoms with Crippen LogP contribution in [0, 0.1) is 0 Å². The zero-order valence-electron chi connectivity index (χ0n) is 11.9. The first-order chi connectivity index (χ1) is 9.24. The number of nitrogens with one attached hydrogen (secondary N) is 1. The van der Waals surface area contributed by atoms with Gasteiger partial charge < -0.3 is 19.5 Å². The van der Waals surface area contributed by atoms with Crippen LogP contribution < -0.4 is 14.8 Å². The predicted molar refractivity (Wildman–Crippen MR) is 74.9 cm³/mol. The van der Waals surface area contributed by atoms with Gasteiger partial charge in [-0.3, -0.25) is 0 Å². The van der Waals surface area contributed by atoms with Crippen molar-refractivity contribution < 1.29 is 14.2 Å². The summed E-state index contributed by atoms with van der Waals surface area (Å²) in [5.41, 5.74) is 1.12. The second kappa shape index (κ2) is 6.78. The molecule has 1 heterocycles. The number of hydrogen-bond acceptors (Lipinski definition) is 4. The van der Waals surface area contributed by atoms with Crippen molar-refractivity contribution >= 4 is 0 Å². The molecule has 1 aromatic rings. The summed E-state index contributed by atoms with van der Waals surface area (Å²) >= 11 is 0. The summed E-state index contributed by atoms with van der Waals surface area (Å²) in [6.45, 7) is 4.18. The molecule has 0 radical (unpaired) electrons. The average molecular weight is 265 g/mol. The van der Waals surface area contributed by atoms with Crippen LogP contribution in [0.3, 0.4) is 0 Å². The average Bonchev–Trinajstić information content (AvgIpc) is 2.47. The van der Waals surface area contributed by atoms with Gasteiger partial charge in [-0.1, -0.05) is 6.07 Å². The number of benzene rings is 1. The van der Waals surface area contributed by atoms with Crippen LogP contribution in [0.15, 0.2) is 18.2 Å². The molecule has 1 aliphatic rings. The van der Waals surface area contributed by atoms with E-state index < -0.39 is 0 Å². The van der Waals surface area contributed by atoms with E-state index in [9.17, 15) is 0 Å². The second-order valence-electron chi connectivity index (χ2n) is 4.84. The Morgan fingerprint density at radius 2 is 1.79 bits per heavy atom. The summed E-state index contributed by atoms with van der Waals surface area (Å²) < 4.78 is 16.7. The fourth-order valence-electron chi connectivity index (χ4n) is 2.40. The zero-order chi connectivity index (χ0) is 13.7. The Morgan fingerprint density at radius 3 is 2.42 bits per heavy atom. The number of rotatable bonds is 5. The molecule has 0 aliphatic carbocycles. The van der Waals surface area contributed by atoms with Crippen molar-refractivity contribution in [3.63, 3.8) is 0 Å². The Kier molecular flexibility index (Phi) is 5.05. The molecular formula is C15H23NO3. The predicted octanol–water partition coefficient (Wildman–Crippen LogP) is 2.53. The normalized spacial score (nSPS) is 18.1. The van der Waals surface area contributed by atoms with Crippen molar-refractivity contribution in [2.24, 2.45) is 0 Å². The van der Waals surface area contributed by atoms with Gasteiger partial charge in [0.25, 0.3) is 0 Å². The molecule has 1 saturated heterocycles. The van der Waals surface area contributed by atoms with Gasteiger partial charge in [0.1, 0.15) is 0 Å². The highest BCUT2D eigenvalue weighted by Gasteiger charge is 2.18. The van der Waals surface area contributed by atoms with Gasteiger partial charge in [0.2, 0.25) is 0 Å². The maximum atomic E-state index is 6.11. The number of methoxy groups -OCH3 is 2. The second-order valence-corrected chi connectivity index (χ2v) is 4.84. The molecule has 1 N–H and O–H groups in total. The molecule has 1 fully saturated rings. The Balaban J connectivity index is 2.03. The molecule has 1 unspecified atom stereocenters. The summed E-state index contributed by atoms with van der Waals surface area (Å²) in [6.07, 6.45) is 2.59. The van der Waals surface area contributed by atoms with Gasteiger partial charge in [0.15, 0.2) is 11.5 Å². The van der Waals surface area contributed by atoms with E-state index in [-0.39, 0.29) is 6.10 Å². The third kappa shape index (κ3) is 3.61. The van der Waals surface area contributed by atoms with Crippen LogP contribution in [0.1, 0.15) is 31.4 Å². The topological polar surface area (TPSA) is 39.7 Å². The van der Waals surface area contributed by atoms with Crippen LogP contribution in [0.2, 0.25) is 0 Å². The molecule has 0 saturated carbocycles. The lowest BCUT2D eigenvalue weighted by atomic mass is 10.1. The lowest BCUT2D eigenvalue weighted by molar-refractivity contribution is -0.0187. The maximum Gasteiger partial charge on any atom is 0.161 e. The van der Waals surface area contributed by atoms with Crippen molar-refractivity contribution in [1.29, 1.82) is 0 Å². The highest BCUT2D eigenvalue weighted by atomic mass is 16.5. The SMILES string of the molecule is COc1ccc(C(C)OC2CCNCC2)cc1OC. The van der Waals surface area contributed by atoms with Crippen LogP contribution >= 0.6 is 0 Å². The summed E-state index contributed by atoms with van der Waals surface area (Å²) in [4.78, 5) is 0. The first kappa shape index (κ1) is 14.2. The molecular weight excluding hydrogens is 242 g/mol. The summed E-state index contributed by atoms with van der Waals surface area (Å²) in [5, 5.41) is 3.34. The molecule has 19 heavy (non-hydrogen) atoms. The van der Waals surface area contributed by atoms with Crippen LogP contribution in [0.5, 0.6) is 11.5 Å². The minimum absolute atomic E-state index is 0.0721. The van der Waals surface area contributed by atoms with Crippen molar-refractivity contribution in [3.8, 4) is 11.5 Å². The van der Waals surface area contributed by atoms with Crippen molar-refractivity contribution in [2.75, 3.05) is 27.3 Å². The summed E-state index contributed by atoms with van der Waals surface area (Å²) in [6, 6.07) is 5.95. The van der Waals surface area contributed by atoms with Crippen LogP contribution in [0.25, 0.3) is 0 Å². The molecule has 1 aromatic carbocycles. The van der Waals surface area contributed by atoms with Gasteiger partial charge in [-0.25, -0.2) is 0 Å². The summed E-state index contributed by atoms with van der Waals surface area (Å²) in [5.74, 6) is 1.50. The van der Waals surface area contributed by atoms with Crippen molar-refractivity contribution in [2.45, 2.75) is 32.0 Å². The first-order valence-corrected chi connectivity index (χ1v) is 6.82. The quantitative estimate of drug-likeness (QED) is 0.888. The molecule has 2 rings (SSSR count). The maximum absolute atomic E-state index is 6.11. The van der Waals surface area contributed by atoms with Crippen molar-refractivity contribution in [3.05, 3.63) is 23.8 Å². The molecule has 4 nitrogen and oxygen atoms in total. The van der Waals surface area contributed by atoms with E-state index in [0.717, 1.165) is 43.0 Å². The molecule has 1 aliphatic heterocycles.